The second kappa shape index (κ2) is 4.30. The van der Waals surface area contributed by atoms with E-state index in [1.165, 1.54) is 18.4 Å². The predicted molar refractivity (Wildman–Crippen MR) is 42.9 cm³/mol. The Bertz CT molecular complexity index is 196. The summed E-state index contributed by atoms with van der Waals surface area (Å²) in [5, 5.41) is 1.84. The summed E-state index contributed by atoms with van der Waals surface area (Å²) in [6, 6.07) is 3.55. The maximum atomic E-state index is 10.7. The Balaban J connectivity index is 0.000000810. The van der Waals surface area contributed by atoms with Gasteiger partial charge in [0.1, 0.15) is 4.88 Å². The Hall–Kier alpha value is -0.540. The Morgan fingerprint density at radius 3 is 2.80 bits per heavy atom. The van der Waals surface area contributed by atoms with Gasteiger partial charge >= 0.3 is 5.97 Å². The topological polar surface area (TPSA) is 26.3 Å². The second-order valence-electron chi connectivity index (χ2n) is 1.47. The number of esters is 1. The highest BCUT2D eigenvalue weighted by Gasteiger charge is 2.03. The summed E-state index contributed by atoms with van der Waals surface area (Å²) < 4.78 is 4.47. The molecule has 1 aromatic heterocycles. The number of ether oxygens (including phenoxy) is 1. The fraction of sp³-hybridized carbons (Fsp3) is 0.167. The summed E-state index contributed by atoms with van der Waals surface area (Å²) in [5.74, 6) is -0.259. The molecule has 56 valence electrons. The number of hydrogen-bond donors (Lipinski definition) is 0. The van der Waals surface area contributed by atoms with Gasteiger partial charge in [-0.05, 0) is 11.4 Å². The van der Waals surface area contributed by atoms with Crippen LogP contribution in [0.4, 0.5) is 0 Å². The van der Waals surface area contributed by atoms with Crippen molar-refractivity contribution in [2.75, 3.05) is 7.11 Å². The lowest BCUT2D eigenvalue weighted by Crippen LogP contribution is -1.96. The SMILES string of the molecule is COC(=O)c1cccs1.Cl. The van der Waals surface area contributed by atoms with Gasteiger partial charge in [-0.25, -0.2) is 4.79 Å². The minimum atomic E-state index is -0.259. The van der Waals surface area contributed by atoms with Crippen LogP contribution in [-0.2, 0) is 4.74 Å². The van der Waals surface area contributed by atoms with Crippen molar-refractivity contribution in [3.63, 3.8) is 0 Å². The molecule has 0 aliphatic heterocycles. The number of halogens is 1. The zero-order valence-electron chi connectivity index (χ0n) is 5.37. The van der Waals surface area contributed by atoms with Crippen LogP contribution in [-0.4, -0.2) is 13.1 Å². The molecule has 0 spiro atoms. The maximum absolute atomic E-state index is 10.7. The van der Waals surface area contributed by atoms with E-state index in [1.54, 1.807) is 6.07 Å². The van der Waals surface area contributed by atoms with Crippen LogP contribution in [0.5, 0.6) is 0 Å². The van der Waals surface area contributed by atoms with E-state index in [9.17, 15) is 4.79 Å². The van der Waals surface area contributed by atoms with Crippen LogP contribution in [0.3, 0.4) is 0 Å². The molecule has 0 saturated carbocycles. The molecule has 0 bridgehead atoms. The molecular weight excluding hydrogens is 172 g/mol. The molecule has 0 radical (unpaired) electrons. The minimum absolute atomic E-state index is 0. The van der Waals surface area contributed by atoms with E-state index in [0.29, 0.717) is 4.88 Å². The average molecular weight is 179 g/mol. The first-order valence-electron chi connectivity index (χ1n) is 2.46. The van der Waals surface area contributed by atoms with Gasteiger partial charge in [0.15, 0.2) is 0 Å². The Kier molecular flexibility index (Phi) is 4.07. The fourth-order valence-corrected chi connectivity index (χ4v) is 1.14. The van der Waals surface area contributed by atoms with E-state index in [-0.39, 0.29) is 18.4 Å². The van der Waals surface area contributed by atoms with Gasteiger partial charge in [-0.3, -0.25) is 0 Å². The molecule has 10 heavy (non-hydrogen) atoms. The van der Waals surface area contributed by atoms with Crippen molar-refractivity contribution in [3.8, 4) is 0 Å². The van der Waals surface area contributed by atoms with Crippen molar-refractivity contribution < 1.29 is 9.53 Å². The summed E-state index contributed by atoms with van der Waals surface area (Å²) in [5.41, 5.74) is 0. The Morgan fingerprint density at radius 2 is 2.40 bits per heavy atom. The third-order valence-corrected chi connectivity index (χ3v) is 1.76. The van der Waals surface area contributed by atoms with Crippen LogP contribution in [0.15, 0.2) is 17.5 Å². The zero-order valence-corrected chi connectivity index (χ0v) is 7.00. The van der Waals surface area contributed by atoms with Crippen molar-refractivity contribution in [2.24, 2.45) is 0 Å². The number of rotatable bonds is 1. The first kappa shape index (κ1) is 9.46. The molecule has 1 rings (SSSR count). The normalized spacial score (nSPS) is 8.10. The highest BCUT2D eigenvalue weighted by Crippen LogP contribution is 2.08. The average Bonchev–Trinajstić information content (AvgIpc) is 2.37. The van der Waals surface area contributed by atoms with E-state index < -0.39 is 0 Å². The lowest BCUT2D eigenvalue weighted by molar-refractivity contribution is 0.0606. The molecule has 0 atom stereocenters. The van der Waals surface area contributed by atoms with Gasteiger partial charge in [0, 0.05) is 0 Å². The standard InChI is InChI=1S/C6H6O2S.ClH/c1-8-6(7)5-3-2-4-9-5;/h2-4H,1H3;1H. The largest absolute Gasteiger partial charge is 0.465 e. The lowest BCUT2D eigenvalue weighted by Gasteiger charge is -1.90. The second-order valence-corrected chi connectivity index (χ2v) is 2.42. The summed E-state index contributed by atoms with van der Waals surface area (Å²) >= 11 is 1.38. The number of carbonyl (C=O) groups excluding carboxylic acids is 1. The molecule has 0 N–H and O–H groups in total. The molecular formula is C6H7ClO2S. The Labute approximate surface area is 69.2 Å². The summed E-state index contributed by atoms with van der Waals surface area (Å²) in [6.07, 6.45) is 0. The van der Waals surface area contributed by atoms with Crippen molar-refractivity contribution in [3.05, 3.63) is 22.4 Å². The summed E-state index contributed by atoms with van der Waals surface area (Å²) in [7, 11) is 1.38. The number of thiophene rings is 1. The molecule has 0 aliphatic carbocycles. The minimum Gasteiger partial charge on any atom is -0.465 e. The Morgan fingerprint density at radius 1 is 1.70 bits per heavy atom. The lowest BCUT2D eigenvalue weighted by atomic mass is 10.5. The third kappa shape index (κ3) is 2.01. The van der Waals surface area contributed by atoms with Crippen molar-refractivity contribution in [1.29, 1.82) is 0 Å². The van der Waals surface area contributed by atoms with Gasteiger partial charge in [-0.2, -0.15) is 0 Å². The van der Waals surface area contributed by atoms with Gasteiger partial charge in [0.25, 0.3) is 0 Å². The van der Waals surface area contributed by atoms with Crippen LogP contribution in [0.1, 0.15) is 9.67 Å². The van der Waals surface area contributed by atoms with Gasteiger partial charge in [-0.1, -0.05) is 6.07 Å². The van der Waals surface area contributed by atoms with Gasteiger partial charge in [-0.15, -0.1) is 23.7 Å². The van der Waals surface area contributed by atoms with Crippen LogP contribution in [0, 0.1) is 0 Å². The van der Waals surface area contributed by atoms with E-state index in [1.807, 2.05) is 11.4 Å². The summed E-state index contributed by atoms with van der Waals surface area (Å²) in [4.78, 5) is 11.3. The molecule has 0 fully saturated rings. The molecule has 1 aromatic rings. The van der Waals surface area contributed by atoms with E-state index >= 15 is 0 Å². The first-order valence-corrected chi connectivity index (χ1v) is 3.34. The fourth-order valence-electron chi connectivity index (χ4n) is 0.495. The van der Waals surface area contributed by atoms with Crippen molar-refractivity contribution >= 4 is 29.7 Å². The summed E-state index contributed by atoms with van der Waals surface area (Å²) in [6.45, 7) is 0. The monoisotopic (exact) mass is 178 g/mol. The number of carbonyl (C=O) groups is 1. The predicted octanol–water partition coefficient (Wildman–Crippen LogP) is 1.96. The van der Waals surface area contributed by atoms with Gasteiger partial charge < -0.3 is 4.74 Å². The number of methoxy groups -OCH3 is 1. The smallest absolute Gasteiger partial charge is 0.348 e. The molecule has 0 saturated heterocycles. The third-order valence-electron chi connectivity index (χ3n) is 0.908. The molecule has 0 unspecified atom stereocenters. The highest BCUT2D eigenvalue weighted by atomic mass is 35.5. The zero-order chi connectivity index (χ0) is 6.69. The van der Waals surface area contributed by atoms with Crippen LogP contribution in [0.2, 0.25) is 0 Å². The van der Waals surface area contributed by atoms with Crippen LogP contribution >= 0.6 is 23.7 Å². The van der Waals surface area contributed by atoms with Crippen LogP contribution < -0.4 is 0 Å². The first-order chi connectivity index (χ1) is 4.34. The molecule has 0 aromatic carbocycles. The van der Waals surface area contributed by atoms with Crippen LogP contribution in [0.25, 0.3) is 0 Å². The van der Waals surface area contributed by atoms with Gasteiger partial charge in [0.05, 0.1) is 7.11 Å². The maximum Gasteiger partial charge on any atom is 0.348 e. The van der Waals surface area contributed by atoms with E-state index in [0.717, 1.165) is 0 Å². The molecule has 1 heterocycles. The molecule has 0 aliphatic rings. The van der Waals surface area contributed by atoms with E-state index in [4.69, 9.17) is 0 Å². The van der Waals surface area contributed by atoms with E-state index in [2.05, 4.69) is 4.74 Å². The molecule has 0 amide bonds. The quantitative estimate of drug-likeness (QED) is 0.615. The number of hydrogen-bond acceptors (Lipinski definition) is 3. The highest BCUT2D eigenvalue weighted by molar-refractivity contribution is 7.11. The van der Waals surface area contributed by atoms with Crippen molar-refractivity contribution in [2.45, 2.75) is 0 Å². The molecule has 4 heteroatoms. The van der Waals surface area contributed by atoms with Gasteiger partial charge in [0.2, 0.25) is 0 Å². The van der Waals surface area contributed by atoms with Crippen molar-refractivity contribution in [1.82, 2.24) is 0 Å². The molecule has 2 nitrogen and oxygen atoms in total.